The first-order valence-electron chi connectivity index (χ1n) is 8.50. The molecule has 26 heavy (non-hydrogen) atoms. The average molecular weight is 379 g/mol. The first kappa shape index (κ1) is 20.0. The summed E-state index contributed by atoms with van der Waals surface area (Å²) in [6, 6.07) is 6.10. The Hall–Kier alpha value is -2.31. The van der Waals surface area contributed by atoms with E-state index in [1.807, 2.05) is 6.07 Å². The minimum Gasteiger partial charge on any atom is -0.478 e. The molecule has 0 amide bonds. The molecule has 3 N–H and O–H groups in total. The third kappa shape index (κ3) is 5.89. The highest BCUT2D eigenvalue weighted by Gasteiger charge is 2.14. The van der Waals surface area contributed by atoms with E-state index in [0.717, 1.165) is 11.4 Å². The molecule has 1 aliphatic rings. The van der Waals surface area contributed by atoms with Gasteiger partial charge in [-0.1, -0.05) is 11.6 Å². The Labute approximate surface area is 157 Å². The fourth-order valence-electron chi connectivity index (χ4n) is 3.10. The zero-order valence-electron chi connectivity index (χ0n) is 14.7. The monoisotopic (exact) mass is 378 g/mol. The highest BCUT2D eigenvalue weighted by atomic mass is 35.5. The topological polar surface area (TPSA) is 93.6 Å². The van der Waals surface area contributed by atoms with E-state index < -0.39 is 11.9 Å². The van der Waals surface area contributed by atoms with Gasteiger partial charge in [-0.15, -0.1) is 0 Å². The van der Waals surface area contributed by atoms with E-state index in [4.69, 9.17) is 21.8 Å². The molecule has 1 fully saturated rings. The van der Waals surface area contributed by atoms with Crippen molar-refractivity contribution in [3.8, 4) is 0 Å². The van der Waals surface area contributed by atoms with Crippen LogP contribution in [0.2, 0.25) is 5.02 Å². The number of aryl methyl sites for hydroxylation is 1. The number of carboxylic acids is 2. The lowest BCUT2D eigenvalue weighted by Crippen LogP contribution is -2.22. The summed E-state index contributed by atoms with van der Waals surface area (Å²) in [6.45, 7) is 5.86. The van der Waals surface area contributed by atoms with Crippen LogP contribution in [0.1, 0.15) is 24.1 Å². The van der Waals surface area contributed by atoms with Gasteiger partial charge >= 0.3 is 11.9 Å². The van der Waals surface area contributed by atoms with Gasteiger partial charge in [-0.3, -0.25) is 0 Å². The summed E-state index contributed by atoms with van der Waals surface area (Å²) in [4.78, 5) is 25.1. The van der Waals surface area contributed by atoms with Crippen LogP contribution in [0.4, 0.5) is 0 Å². The van der Waals surface area contributed by atoms with E-state index in [-0.39, 0.29) is 0 Å². The van der Waals surface area contributed by atoms with Crippen LogP contribution in [-0.2, 0) is 16.0 Å². The number of aliphatic carboxylic acids is 2. The van der Waals surface area contributed by atoms with Crippen molar-refractivity contribution in [1.29, 1.82) is 0 Å². The molecule has 7 heteroatoms. The standard InChI is InChI=1S/C15H19ClN2.C4H4O4/c1-11-13(6-9-18-7-2-3-8-18)14-10-12(16)4-5-15(14)17-11;5-3(6)1-2-4(7)8/h4-5,10,17H,2-3,6-9H2,1H3;1-2H,(H,5,6)(H,7,8)/b;2-1-. The zero-order chi connectivity index (χ0) is 19.1. The van der Waals surface area contributed by atoms with Crippen LogP contribution in [0.5, 0.6) is 0 Å². The predicted molar refractivity (Wildman–Crippen MR) is 102 cm³/mol. The lowest BCUT2D eigenvalue weighted by Gasteiger charge is -2.14. The summed E-state index contributed by atoms with van der Waals surface area (Å²) in [5.74, 6) is -2.51. The molecule has 2 aromatic rings. The average Bonchev–Trinajstić information content (AvgIpc) is 3.19. The minimum absolute atomic E-state index is 0.558. The largest absolute Gasteiger partial charge is 0.478 e. The summed E-state index contributed by atoms with van der Waals surface area (Å²) in [6.07, 6.45) is 4.95. The molecule has 0 bridgehead atoms. The van der Waals surface area contributed by atoms with Gasteiger partial charge in [0.05, 0.1) is 0 Å². The first-order valence-corrected chi connectivity index (χ1v) is 8.87. The third-order valence-electron chi connectivity index (χ3n) is 4.33. The number of aromatic amines is 1. The molecule has 6 nitrogen and oxygen atoms in total. The van der Waals surface area contributed by atoms with Gasteiger partial charge in [-0.2, -0.15) is 0 Å². The van der Waals surface area contributed by atoms with Crippen LogP contribution >= 0.6 is 11.6 Å². The second kappa shape index (κ2) is 9.40. The highest BCUT2D eigenvalue weighted by molar-refractivity contribution is 6.31. The number of aromatic nitrogens is 1. The van der Waals surface area contributed by atoms with Gasteiger partial charge in [0.2, 0.25) is 0 Å². The number of nitrogens with one attached hydrogen (secondary N) is 1. The Morgan fingerprint density at radius 3 is 2.38 bits per heavy atom. The Kier molecular flexibility index (Phi) is 7.24. The molecule has 140 valence electrons. The fourth-order valence-corrected chi connectivity index (χ4v) is 3.27. The van der Waals surface area contributed by atoms with Gasteiger partial charge in [0, 0.05) is 40.3 Å². The second-order valence-electron chi connectivity index (χ2n) is 6.23. The van der Waals surface area contributed by atoms with Crippen molar-refractivity contribution >= 4 is 34.4 Å². The number of benzene rings is 1. The van der Waals surface area contributed by atoms with E-state index in [9.17, 15) is 9.59 Å². The van der Waals surface area contributed by atoms with Crippen molar-refractivity contribution in [3.05, 3.63) is 46.6 Å². The van der Waals surface area contributed by atoms with Gasteiger partial charge in [0.15, 0.2) is 0 Å². The number of likely N-dealkylation sites (tertiary alicyclic amines) is 1. The lowest BCUT2D eigenvalue weighted by molar-refractivity contribution is -0.134. The number of nitrogens with zero attached hydrogens (tertiary/aromatic N) is 1. The van der Waals surface area contributed by atoms with Gasteiger partial charge in [0.1, 0.15) is 0 Å². The smallest absolute Gasteiger partial charge is 0.328 e. The molecule has 0 unspecified atom stereocenters. The Balaban J connectivity index is 0.000000260. The number of halogens is 1. The van der Waals surface area contributed by atoms with Gasteiger partial charge in [-0.05, 0) is 63.0 Å². The number of H-pyrrole nitrogens is 1. The van der Waals surface area contributed by atoms with Crippen LogP contribution in [0, 0.1) is 6.92 Å². The first-order chi connectivity index (χ1) is 12.4. The van der Waals surface area contributed by atoms with Crippen molar-refractivity contribution in [2.24, 2.45) is 0 Å². The molecule has 0 aliphatic carbocycles. The number of fused-ring (bicyclic) bond motifs is 1. The van der Waals surface area contributed by atoms with Crippen LogP contribution < -0.4 is 0 Å². The normalized spacial score (nSPS) is 14.5. The second-order valence-corrected chi connectivity index (χ2v) is 6.66. The summed E-state index contributed by atoms with van der Waals surface area (Å²) in [7, 11) is 0. The van der Waals surface area contributed by atoms with Gasteiger partial charge < -0.3 is 20.1 Å². The molecule has 2 heterocycles. The maximum atomic E-state index is 9.55. The molecule has 1 aromatic heterocycles. The molecule has 0 saturated carbocycles. The molecule has 0 atom stereocenters. The Morgan fingerprint density at radius 1 is 1.19 bits per heavy atom. The summed E-state index contributed by atoms with van der Waals surface area (Å²) >= 11 is 6.10. The van der Waals surface area contributed by atoms with E-state index in [1.165, 1.54) is 54.6 Å². The third-order valence-corrected chi connectivity index (χ3v) is 4.56. The summed E-state index contributed by atoms with van der Waals surface area (Å²) in [5, 5.41) is 17.7. The fraction of sp³-hybridized carbons (Fsp3) is 0.368. The van der Waals surface area contributed by atoms with Crippen LogP contribution in [0.3, 0.4) is 0 Å². The summed E-state index contributed by atoms with van der Waals surface area (Å²) in [5.41, 5.74) is 3.92. The molecule has 1 saturated heterocycles. The maximum Gasteiger partial charge on any atom is 0.328 e. The molecule has 0 spiro atoms. The number of rotatable bonds is 5. The van der Waals surface area contributed by atoms with E-state index in [0.29, 0.717) is 12.2 Å². The number of carbonyl (C=O) groups is 2. The number of hydrogen-bond acceptors (Lipinski definition) is 3. The van der Waals surface area contributed by atoms with Gasteiger partial charge in [0.25, 0.3) is 0 Å². The predicted octanol–water partition coefficient (Wildman–Crippen LogP) is 3.48. The molecular formula is C19H23ClN2O4. The molecule has 1 aromatic carbocycles. The quantitative estimate of drug-likeness (QED) is 0.692. The molecular weight excluding hydrogens is 356 g/mol. The van der Waals surface area contributed by atoms with Crippen molar-refractivity contribution < 1.29 is 19.8 Å². The van der Waals surface area contributed by atoms with Crippen molar-refractivity contribution in [3.63, 3.8) is 0 Å². The lowest BCUT2D eigenvalue weighted by atomic mass is 10.1. The Morgan fingerprint density at radius 2 is 1.81 bits per heavy atom. The van der Waals surface area contributed by atoms with Crippen LogP contribution in [-0.4, -0.2) is 51.7 Å². The molecule has 0 radical (unpaired) electrons. The van der Waals surface area contributed by atoms with Crippen LogP contribution in [0.15, 0.2) is 30.4 Å². The van der Waals surface area contributed by atoms with E-state index >= 15 is 0 Å². The van der Waals surface area contributed by atoms with E-state index in [1.54, 1.807) is 0 Å². The number of hydrogen-bond donors (Lipinski definition) is 3. The van der Waals surface area contributed by atoms with Gasteiger partial charge in [-0.25, -0.2) is 9.59 Å². The maximum absolute atomic E-state index is 9.55. The zero-order valence-corrected chi connectivity index (χ0v) is 15.4. The van der Waals surface area contributed by atoms with E-state index in [2.05, 4.69) is 28.9 Å². The Bertz CT molecular complexity index is 791. The summed E-state index contributed by atoms with van der Waals surface area (Å²) < 4.78 is 0. The minimum atomic E-state index is -1.26. The van der Waals surface area contributed by atoms with Crippen molar-refractivity contribution in [2.75, 3.05) is 19.6 Å². The van der Waals surface area contributed by atoms with Crippen molar-refractivity contribution in [1.82, 2.24) is 9.88 Å². The highest BCUT2D eigenvalue weighted by Crippen LogP contribution is 2.26. The number of carboxylic acid groups (broad SMARTS) is 2. The van der Waals surface area contributed by atoms with Crippen molar-refractivity contribution in [2.45, 2.75) is 26.2 Å². The molecule has 3 rings (SSSR count). The molecule has 1 aliphatic heterocycles. The SMILES string of the molecule is Cc1[nH]c2ccc(Cl)cc2c1CCN1CCCC1.O=C(O)/C=C\C(=O)O. The van der Waals surface area contributed by atoms with Crippen LogP contribution in [0.25, 0.3) is 10.9 Å².